The Morgan fingerprint density at radius 1 is 1.39 bits per heavy atom. The predicted octanol–water partition coefficient (Wildman–Crippen LogP) is 2.25. The second-order valence-electron chi connectivity index (χ2n) is 5.12. The Morgan fingerprint density at radius 2 is 2.11 bits per heavy atom. The molecule has 0 aliphatic heterocycles. The van der Waals surface area contributed by atoms with Crippen molar-refractivity contribution in [3.05, 3.63) is 22.9 Å². The molecule has 0 aromatic carbocycles. The molecule has 3 N–H and O–H groups in total. The Kier molecular flexibility index (Phi) is 3.83. The van der Waals surface area contributed by atoms with Crippen molar-refractivity contribution in [3.8, 4) is 6.07 Å². The van der Waals surface area contributed by atoms with Crippen molar-refractivity contribution >= 4 is 5.82 Å². The van der Waals surface area contributed by atoms with Gasteiger partial charge in [-0.05, 0) is 38.3 Å². The molecular weight excluding hydrogens is 224 g/mol. The second-order valence-corrected chi connectivity index (χ2v) is 5.12. The highest BCUT2D eigenvalue weighted by atomic mass is 15.0. The van der Waals surface area contributed by atoms with Crippen molar-refractivity contribution < 1.29 is 0 Å². The van der Waals surface area contributed by atoms with E-state index in [2.05, 4.69) is 16.4 Å². The summed E-state index contributed by atoms with van der Waals surface area (Å²) in [5.74, 6) is 0.692. The third-order valence-electron chi connectivity index (χ3n) is 3.60. The summed E-state index contributed by atoms with van der Waals surface area (Å²) in [4.78, 5) is 4.44. The monoisotopic (exact) mass is 244 g/mol. The fourth-order valence-corrected chi connectivity index (χ4v) is 2.60. The van der Waals surface area contributed by atoms with E-state index >= 15 is 0 Å². The van der Waals surface area contributed by atoms with E-state index in [0.29, 0.717) is 11.4 Å². The van der Waals surface area contributed by atoms with Gasteiger partial charge in [-0.15, -0.1) is 0 Å². The summed E-state index contributed by atoms with van der Waals surface area (Å²) < 4.78 is 0. The van der Waals surface area contributed by atoms with E-state index in [0.717, 1.165) is 24.1 Å². The number of nitrogens with two attached hydrogens (primary N) is 1. The molecule has 18 heavy (non-hydrogen) atoms. The summed E-state index contributed by atoms with van der Waals surface area (Å²) in [6.07, 6.45) is 4.49. The average Bonchev–Trinajstić information content (AvgIpc) is 2.31. The van der Waals surface area contributed by atoms with Crippen molar-refractivity contribution in [2.75, 3.05) is 5.32 Å². The molecule has 0 bridgehead atoms. The zero-order valence-corrected chi connectivity index (χ0v) is 11.0. The van der Waals surface area contributed by atoms with Gasteiger partial charge in [0.05, 0.1) is 5.56 Å². The van der Waals surface area contributed by atoms with Crippen LogP contribution in [-0.2, 0) is 0 Å². The number of pyridine rings is 1. The molecule has 1 aromatic heterocycles. The van der Waals surface area contributed by atoms with Crippen molar-refractivity contribution in [1.29, 1.82) is 5.26 Å². The number of rotatable bonds is 2. The molecule has 2 rings (SSSR count). The maximum atomic E-state index is 9.22. The van der Waals surface area contributed by atoms with Gasteiger partial charge in [-0.1, -0.05) is 12.8 Å². The highest BCUT2D eigenvalue weighted by Gasteiger charge is 2.23. The molecule has 2 unspecified atom stereocenters. The molecule has 0 spiro atoms. The van der Waals surface area contributed by atoms with Crippen LogP contribution in [0.2, 0.25) is 0 Å². The summed E-state index contributed by atoms with van der Waals surface area (Å²) in [5, 5.41) is 12.6. The molecule has 4 heteroatoms. The molecule has 1 aliphatic carbocycles. The Morgan fingerprint density at radius 3 is 2.78 bits per heavy atom. The molecule has 0 radical (unpaired) electrons. The number of nitrogens with one attached hydrogen (secondary N) is 1. The first-order valence-electron chi connectivity index (χ1n) is 6.52. The van der Waals surface area contributed by atoms with Gasteiger partial charge in [-0.3, -0.25) is 0 Å². The zero-order chi connectivity index (χ0) is 13.1. The Labute approximate surface area is 108 Å². The predicted molar refractivity (Wildman–Crippen MR) is 72.3 cm³/mol. The smallest absolute Gasteiger partial charge is 0.144 e. The fraction of sp³-hybridized carbons (Fsp3) is 0.571. The first-order chi connectivity index (χ1) is 8.61. The average molecular weight is 244 g/mol. The molecule has 96 valence electrons. The van der Waals surface area contributed by atoms with Gasteiger partial charge in [0.25, 0.3) is 0 Å². The zero-order valence-electron chi connectivity index (χ0n) is 11.0. The highest BCUT2D eigenvalue weighted by molar-refractivity contribution is 5.57. The van der Waals surface area contributed by atoms with Crippen LogP contribution in [0.15, 0.2) is 6.07 Å². The standard InChI is InChI=1S/C14H20N4/c1-9-7-10(2)17-14(11(9)8-15)18-13-6-4-3-5-12(13)16/h7,12-13H,3-6,16H2,1-2H3,(H,17,18). The molecule has 1 fully saturated rings. The summed E-state index contributed by atoms with van der Waals surface area (Å²) in [6.45, 7) is 3.89. The number of hydrogen-bond donors (Lipinski definition) is 2. The maximum Gasteiger partial charge on any atom is 0.144 e. The normalized spacial score (nSPS) is 23.4. The van der Waals surface area contributed by atoms with Crippen molar-refractivity contribution in [2.45, 2.75) is 51.6 Å². The lowest BCUT2D eigenvalue weighted by Gasteiger charge is -2.30. The van der Waals surface area contributed by atoms with E-state index < -0.39 is 0 Å². The van der Waals surface area contributed by atoms with Gasteiger partial charge in [0.15, 0.2) is 0 Å². The summed E-state index contributed by atoms with van der Waals surface area (Å²) in [6, 6.07) is 4.56. The number of nitrogens with zero attached hydrogens (tertiary/aromatic N) is 2. The van der Waals surface area contributed by atoms with E-state index in [9.17, 15) is 5.26 Å². The van der Waals surface area contributed by atoms with Crippen molar-refractivity contribution in [3.63, 3.8) is 0 Å². The molecular formula is C14H20N4. The summed E-state index contributed by atoms with van der Waals surface area (Å²) in [5.41, 5.74) is 8.66. The van der Waals surface area contributed by atoms with Crippen LogP contribution in [0, 0.1) is 25.2 Å². The minimum absolute atomic E-state index is 0.160. The third-order valence-corrected chi connectivity index (χ3v) is 3.60. The maximum absolute atomic E-state index is 9.22. The molecule has 1 heterocycles. The summed E-state index contributed by atoms with van der Waals surface area (Å²) in [7, 11) is 0. The van der Waals surface area contributed by atoms with Gasteiger partial charge in [-0.25, -0.2) is 4.98 Å². The second kappa shape index (κ2) is 5.36. The van der Waals surface area contributed by atoms with E-state index in [1.54, 1.807) is 0 Å². The number of aryl methyl sites for hydroxylation is 2. The fourth-order valence-electron chi connectivity index (χ4n) is 2.60. The highest BCUT2D eigenvalue weighted by Crippen LogP contribution is 2.23. The van der Waals surface area contributed by atoms with Crippen LogP contribution in [0.4, 0.5) is 5.82 Å². The van der Waals surface area contributed by atoms with Crippen molar-refractivity contribution in [1.82, 2.24) is 4.98 Å². The lowest BCUT2D eigenvalue weighted by molar-refractivity contribution is 0.403. The Hall–Kier alpha value is -1.60. The number of anilines is 1. The van der Waals surface area contributed by atoms with Gasteiger partial charge in [0.2, 0.25) is 0 Å². The quantitative estimate of drug-likeness (QED) is 0.836. The van der Waals surface area contributed by atoms with Gasteiger partial charge < -0.3 is 11.1 Å². The van der Waals surface area contributed by atoms with Crippen LogP contribution in [0.5, 0.6) is 0 Å². The SMILES string of the molecule is Cc1cc(C)c(C#N)c(NC2CCCCC2N)n1. The van der Waals surface area contributed by atoms with Crippen LogP contribution in [0.3, 0.4) is 0 Å². The number of nitriles is 1. The first-order valence-corrected chi connectivity index (χ1v) is 6.52. The van der Waals surface area contributed by atoms with Gasteiger partial charge >= 0.3 is 0 Å². The van der Waals surface area contributed by atoms with Crippen LogP contribution < -0.4 is 11.1 Å². The van der Waals surface area contributed by atoms with E-state index in [4.69, 9.17) is 5.73 Å². The minimum Gasteiger partial charge on any atom is -0.365 e. The topological polar surface area (TPSA) is 74.7 Å². The molecule has 1 aromatic rings. The number of hydrogen-bond acceptors (Lipinski definition) is 4. The first kappa shape index (κ1) is 12.8. The van der Waals surface area contributed by atoms with Gasteiger partial charge in [-0.2, -0.15) is 5.26 Å². The lowest BCUT2D eigenvalue weighted by atomic mass is 9.91. The van der Waals surface area contributed by atoms with E-state index in [1.165, 1.54) is 12.8 Å². The van der Waals surface area contributed by atoms with Gasteiger partial charge in [0.1, 0.15) is 11.9 Å². The molecule has 0 amide bonds. The van der Waals surface area contributed by atoms with E-state index in [-0.39, 0.29) is 12.1 Å². The Bertz CT molecular complexity index is 475. The molecule has 1 aliphatic rings. The van der Waals surface area contributed by atoms with Crippen LogP contribution in [-0.4, -0.2) is 17.1 Å². The van der Waals surface area contributed by atoms with E-state index in [1.807, 2.05) is 19.9 Å². The minimum atomic E-state index is 0.160. The van der Waals surface area contributed by atoms with Crippen LogP contribution >= 0.6 is 0 Å². The summed E-state index contributed by atoms with van der Waals surface area (Å²) >= 11 is 0. The molecule has 1 saturated carbocycles. The largest absolute Gasteiger partial charge is 0.365 e. The van der Waals surface area contributed by atoms with Gasteiger partial charge in [0, 0.05) is 17.8 Å². The molecule has 4 nitrogen and oxygen atoms in total. The lowest BCUT2D eigenvalue weighted by Crippen LogP contribution is -2.43. The number of aromatic nitrogens is 1. The molecule has 2 atom stereocenters. The third kappa shape index (κ3) is 2.62. The molecule has 0 saturated heterocycles. The van der Waals surface area contributed by atoms with Crippen LogP contribution in [0.25, 0.3) is 0 Å². The van der Waals surface area contributed by atoms with Crippen molar-refractivity contribution in [2.24, 2.45) is 5.73 Å². The Balaban J connectivity index is 2.25. The van der Waals surface area contributed by atoms with Crippen LogP contribution in [0.1, 0.15) is 42.5 Å².